The summed E-state index contributed by atoms with van der Waals surface area (Å²) in [4.78, 5) is 0. The lowest BCUT2D eigenvalue weighted by atomic mass is 9.81. The van der Waals surface area contributed by atoms with Crippen molar-refractivity contribution in [2.24, 2.45) is 0 Å². The maximum atomic E-state index is 10.7. The quantitative estimate of drug-likeness (QED) is 0.289. The van der Waals surface area contributed by atoms with Gasteiger partial charge in [-0.25, -0.2) is 0 Å². The molecule has 1 aliphatic rings. The van der Waals surface area contributed by atoms with Crippen molar-refractivity contribution in [2.45, 2.75) is 5.51 Å². The predicted molar refractivity (Wildman–Crippen MR) is 88.9 cm³/mol. The van der Waals surface area contributed by atoms with E-state index in [-0.39, 0.29) is 24.0 Å². The Kier molecular flexibility index (Phi) is 5.88. The van der Waals surface area contributed by atoms with E-state index in [1.165, 1.54) is 22.3 Å². The van der Waals surface area contributed by atoms with Crippen LogP contribution in [0.4, 0.5) is 13.2 Å². The van der Waals surface area contributed by atoms with Crippen LogP contribution in [0, 0.1) is 0 Å². The maximum Gasteiger partial charge on any atom is 0.522 e. The highest BCUT2D eigenvalue weighted by atomic mass is 127. The van der Waals surface area contributed by atoms with Crippen LogP contribution in [0.2, 0.25) is 5.02 Å². The van der Waals surface area contributed by atoms with Gasteiger partial charge in [0.15, 0.2) is 0 Å². The smallest absolute Gasteiger partial charge is 0.279 e. The summed E-state index contributed by atoms with van der Waals surface area (Å²) in [6, 6.07) is 14.5. The molecule has 0 saturated heterocycles. The Morgan fingerprint density at radius 3 is 1.77 bits per heavy atom. The zero-order valence-corrected chi connectivity index (χ0v) is 14.5. The molecule has 0 spiro atoms. The SMILES string of the molecule is Clc1ccc2c(c1)-c1ccccc1-2.I.O=S(=O)(O)C(F)(F)F. The van der Waals surface area contributed by atoms with E-state index < -0.39 is 15.6 Å². The highest BCUT2D eigenvalue weighted by molar-refractivity contribution is 14.0. The van der Waals surface area contributed by atoms with E-state index >= 15 is 0 Å². The molecule has 3 rings (SSSR count). The van der Waals surface area contributed by atoms with Gasteiger partial charge in [-0.2, -0.15) is 21.6 Å². The minimum atomic E-state index is -5.84. The molecule has 1 aliphatic carbocycles. The van der Waals surface area contributed by atoms with E-state index in [1.54, 1.807) is 0 Å². The van der Waals surface area contributed by atoms with Gasteiger partial charge in [0, 0.05) is 5.02 Å². The molecule has 1 N–H and O–H groups in total. The standard InChI is InChI=1S/C12H7Cl.CHF3O3S.HI/c13-8-5-6-11-9-3-1-2-4-10(9)12(11)7-8;2-1(3,4)8(5,6)7;/h1-7H;(H,5,6,7);1H. The van der Waals surface area contributed by atoms with Crippen molar-refractivity contribution in [1.29, 1.82) is 0 Å². The van der Waals surface area contributed by atoms with Crippen molar-refractivity contribution in [2.75, 3.05) is 0 Å². The van der Waals surface area contributed by atoms with Crippen molar-refractivity contribution in [3.8, 4) is 22.3 Å². The van der Waals surface area contributed by atoms with Crippen LogP contribution in [-0.2, 0) is 10.1 Å². The molecule has 22 heavy (non-hydrogen) atoms. The number of hydrogen-bond donors (Lipinski definition) is 1. The predicted octanol–water partition coefficient (Wildman–Crippen LogP) is 5.00. The van der Waals surface area contributed by atoms with Crippen LogP contribution in [0.5, 0.6) is 0 Å². The molecule has 0 unspecified atom stereocenters. The van der Waals surface area contributed by atoms with Gasteiger partial charge in [-0.3, -0.25) is 4.55 Å². The van der Waals surface area contributed by atoms with E-state index in [0.29, 0.717) is 0 Å². The number of alkyl halides is 3. The second kappa shape index (κ2) is 6.73. The largest absolute Gasteiger partial charge is 0.522 e. The van der Waals surface area contributed by atoms with Crippen molar-refractivity contribution in [3.05, 3.63) is 47.5 Å². The number of halogens is 5. The Labute approximate surface area is 146 Å². The van der Waals surface area contributed by atoms with E-state index in [9.17, 15) is 13.2 Å². The van der Waals surface area contributed by atoms with Crippen LogP contribution in [0.1, 0.15) is 0 Å². The average molecular weight is 465 g/mol. The first-order chi connectivity index (χ1) is 9.61. The average Bonchev–Trinajstić information content (AvgIpc) is 2.35. The van der Waals surface area contributed by atoms with Gasteiger partial charge in [0.25, 0.3) is 0 Å². The summed E-state index contributed by atoms with van der Waals surface area (Å²) < 4.78 is 57.5. The first-order valence-corrected chi connectivity index (χ1v) is 7.36. The number of fused-ring (bicyclic) bond motifs is 4. The van der Waals surface area contributed by atoms with Gasteiger partial charge >= 0.3 is 15.6 Å². The molecule has 0 atom stereocenters. The van der Waals surface area contributed by atoms with Crippen LogP contribution >= 0.6 is 35.6 Å². The zero-order chi connectivity index (χ0) is 15.8. The molecule has 3 nitrogen and oxygen atoms in total. The fourth-order valence-corrected chi connectivity index (χ4v) is 2.04. The molecule has 0 heterocycles. The van der Waals surface area contributed by atoms with Gasteiger partial charge in [0.2, 0.25) is 0 Å². The number of hydrogen-bond acceptors (Lipinski definition) is 2. The fraction of sp³-hybridized carbons (Fsp3) is 0.0769. The molecule has 120 valence electrons. The Hall–Kier alpha value is -0.840. The zero-order valence-electron chi connectivity index (χ0n) is 10.6. The van der Waals surface area contributed by atoms with Crippen molar-refractivity contribution in [1.82, 2.24) is 0 Å². The topological polar surface area (TPSA) is 54.4 Å². The van der Waals surface area contributed by atoms with E-state index in [0.717, 1.165) is 5.02 Å². The normalized spacial score (nSPS) is 11.9. The van der Waals surface area contributed by atoms with Crippen molar-refractivity contribution >= 4 is 45.7 Å². The third-order valence-corrected chi connectivity index (χ3v) is 3.60. The third-order valence-electron chi connectivity index (χ3n) is 2.78. The Morgan fingerprint density at radius 1 is 0.909 bits per heavy atom. The van der Waals surface area contributed by atoms with Gasteiger partial charge in [0.05, 0.1) is 0 Å². The summed E-state index contributed by atoms with van der Waals surface area (Å²) in [6.07, 6.45) is 0. The van der Waals surface area contributed by atoms with Gasteiger partial charge in [-0.15, -0.1) is 24.0 Å². The minimum Gasteiger partial charge on any atom is -0.279 e. The summed E-state index contributed by atoms with van der Waals surface area (Å²) in [7, 11) is -5.84. The molecular formula is C13H9ClF3IO3S. The number of rotatable bonds is 0. The van der Waals surface area contributed by atoms with E-state index in [1.807, 2.05) is 12.1 Å². The molecule has 0 aromatic heterocycles. The second-order valence-electron chi connectivity index (χ2n) is 4.16. The van der Waals surface area contributed by atoms with Crippen molar-refractivity contribution in [3.63, 3.8) is 0 Å². The molecule has 0 bridgehead atoms. The number of benzene rings is 2. The van der Waals surface area contributed by atoms with Crippen LogP contribution in [-0.4, -0.2) is 18.5 Å². The second-order valence-corrected chi connectivity index (χ2v) is 6.01. The first kappa shape index (κ1) is 19.2. The van der Waals surface area contributed by atoms with Crippen LogP contribution in [0.3, 0.4) is 0 Å². The van der Waals surface area contributed by atoms with Gasteiger partial charge in [-0.05, 0) is 34.4 Å². The summed E-state index contributed by atoms with van der Waals surface area (Å²) >= 11 is 5.92. The molecular weight excluding hydrogens is 456 g/mol. The van der Waals surface area contributed by atoms with Gasteiger partial charge in [0.1, 0.15) is 0 Å². The summed E-state index contributed by atoms with van der Waals surface area (Å²) in [5.74, 6) is 0. The third kappa shape index (κ3) is 3.92. The van der Waals surface area contributed by atoms with E-state index in [2.05, 4.69) is 30.3 Å². The lowest BCUT2D eigenvalue weighted by Crippen LogP contribution is -2.21. The van der Waals surface area contributed by atoms with Crippen molar-refractivity contribution < 1.29 is 26.1 Å². The lowest BCUT2D eigenvalue weighted by molar-refractivity contribution is -0.0510. The maximum absolute atomic E-state index is 10.7. The van der Waals surface area contributed by atoms with E-state index in [4.69, 9.17) is 24.6 Å². The molecule has 0 radical (unpaired) electrons. The van der Waals surface area contributed by atoms with Gasteiger partial charge in [-0.1, -0.05) is 41.9 Å². The molecule has 0 amide bonds. The first-order valence-electron chi connectivity index (χ1n) is 5.54. The molecule has 0 fully saturated rings. The summed E-state index contributed by atoms with van der Waals surface area (Å²) in [5.41, 5.74) is -0.273. The van der Waals surface area contributed by atoms with Crippen LogP contribution < -0.4 is 0 Å². The Bertz CT molecular complexity index is 791. The molecule has 2 aromatic carbocycles. The van der Waals surface area contributed by atoms with Crippen LogP contribution in [0.15, 0.2) is 42.5 Å². The molecule has 2 aromatic rings. The summed E-state index contributed by atoms with van der Waals surface area (Å²) in [6.45, 7) is 0. The highest BCUT2D eigenvalue weighted by Crippen LogP contribution is 2.47. The molecule has 9 heteroatoms. The Balaban J connectivity index is 0.000000238. The Morgan fingerprint density at radius 2 is 1.32 bits per heavy atom. The lowest BCUT2D eigenvalue weighted by Gasteiger charge is -2.23. The molecule has 0 aliphatic heterocycles. The fourth-order valence-electron chi connectivity index (χ4n) is 1.86. The highest BCUT2D eigenvalue weighted by Gasteiger charge is 2.44. The monoisotopic (exact) mass is 464 g/mol. The van der Waals surface area contributed by atoms with Gasteiger partial charge < -0.3 is 0 Å². The molecule has 0 saturated carbocycles. The minimum absolute atomic E-state index is 0. The summed E-state index contributed by atoms with van der Waals surface area (Å²) in [5, 5.41) is 0.813. The van der Waals surface area contributed by atoms with Crippen LogP contribution in [0.25, 0.3) is 22.3 Å².